The predicted molar refractivity (Wildman–Crippen MR) is 93.7 cm³/mol. The number of rotatable bonds is 1. The molecule has 7 atom stereocenters. The van der Waals surface area contributed by atoms with E-state index in [1.165, 1.54) is 51.4 Å². The largest absolute Gasteiger partial charge is 0.317 e. The molecule has 0 unspecified atom stereocenters. The molecule has 0 aromatic heterocycles. The van der Waals surface area contributed by atoms with Crippen molar-refractivity contribution in [1.82, 2.24) is 5.32 Å². The summed E-state index contributed by atoms with van der Waals surface area (Å²) in [5.74, 6) is 5.26. The van der Waals surface area contributed by atoms with Crippen LogP contribution in [-0.2, 0) is 0 Å². The molecule has 1 nitrogen and oxygen atoms in total. The van der Waals surface area contributed by atoms with Crippen LogP contribution in [0.15, 0.2) is 11.6 Å². The molecule has 4 rings (SSSR count). The van der Waals surface area contributed by atoms with Gasteiger partial charge in [0, 0.05) is 6.04 Å². The highest BCUT2D eigenvalue weighted by Gasteiger charge is 2.54. The van der Waals surface area contributed by atoms with Gasteiger partial charge in [0.15, 0.2) is 0 Å². The third-order valence-electron chi connectivity index (χ3n) is 8.56. The summed E-state index contributed by atoms with van der Waals surface area (Å²) in [5.41, 5.74) is 2.38. The van der Waals surface area contributed by atoms with Gasteiger partial charge in [-0.3, -0.25) is 0 Å². The maximum absolute atomic E-state index is 3.56. The number of hydrogen-bond donors (Lipinski definition) is 1. The van der Waals surface area contributed by atoms with Crippen molar-refractivity contribution in [2.45, 2.75) is 77.7 Å². The zero-order chi connectivity index (χ0) is 15.3. The SMILES string of the molecule is CC=C1CC[C@H]2[C@@H]3CC[C@@H]4C[C@@H](NC)CC[C@@H]4[C@H]3CC[C@]12C. The van der Waals surface area contributed by atoms with E-state index >= 15 is 0 Å². The highest BCUT2D eigenvalue weighted by molar-refractivity contribution is 5.23. The van der Waals surface area contributed by atoms with Crippen molar-refractivity contribution >= 4 is 0 Å². The summed E-state index contributed by atoms with van der Waals surface area (Å²) in [7, 11) is 2.17. The molecular weight excluding hydrogens is 266 g/mol. The van der Waals surface area contributed by atoms with Crippen LogP contribution in [0.5, 0.6) is 0 Å². The van der Waals surface area contributed by atoms with E-state index < -0.39 is 0 Å². The molecule has 0 bridgehead atoms. The lowest BCUT2D eigenvalue weighted by Crippen LogP contribution is -2.49. The average Bonchev–Trinajstić information content (AvgIpc) is 2.90. The van der Waals surface area contributed by atoms with Crippen molar-refractivity contribution in [2.75, 3.05) is 7.05 Å². The van der Waals surface area contributed by atoms with E-state index in [0.29, 0.717) is 5.41 Å². The number of fused-ring (bicyclic) bond motifs is 5. The summed E-state index contributed by atoms with van der Waals surface area (Å²) < 4.78 is 0. The summed E-state index contributed by atoms with van der Waals surface area (Å²) in [4.78, 5) is 0. The fourth-order valence-corrected chi connectivity index (χ4v) is 7.44. The van der Waals surface area contributed by atoms with Crippen LogP contribution in [0.3, 0.4) is 0 Å². The summed E-state index contributed by atoms with van der Waals surface area (Å²) >= 11 is 0. The van der Waals surface area contributed by atoms with Crippen molar-refractivity contribution < 1.29 is 0 Å². The zero-order valence-electron chi connectivity index (χ0n) is 14.9. The van der Waals surface area contributed by atoms with Gasteiger partial charge in [0.1, 0.15) is 0 Å². The molecule has 0 aromatic carbocycles. The van der Waals surface area contributed by atoms with Crippen LogP contribution in [0.1, 0.15) is 71.6 Å². The minimum absolute atomic E-state index is 0.574. The molecule has 4 aliphatic carbocycles. The van der Waals surface area contributed by atoms with Crippen molar-refractivity contribution in [2.24, 2.45) is 35.0 Å². The Hall–Kier alpha value is -0.300. The molecule has 22 heavy (non-hydrogen) atoms. The smallest absolute Gasteiger partial charge is 0.00669 e. The molecule has 0 aromatic rings. The van der Waals surface area contributed by atoms with Crippen molar-refractivity contribution in [3.8, 4) is 0 Å². The fourth-order valence-electron chi connectivity index (χ4n) is 7.44. The first-order chi connectivity index (χ1) is 10.7. The van der Waals surface area contributed by atoms with Gasteiger partial charge in [0.05, 0.1) is 0 Å². The Morgan fingerprint density at radius 3 is 2.59 bits per heavy atom. The first kappa shape index (κ1) is 15.2. The summed E-state index contributed by atoms with van der Waals surface area (Å²) in [6, 6.07) is 0.813. The van der Waals surface area contributed by atoms with Crippen LogP contribution in [0, 0.1) is 35.0 Å². The van der Waals surface area contributed by atoms with Crippen molar-refractivity contribution in [1.29, 1.82) is 0 Å². The number of nitrogens with one attached hydrogen (secondary N) is 1. The lowest BCUT2D eigenvalue weighted by Gasteiger charge is -2.55. The van der Waals surface area contributed by atoms with Gasteiger partial charge in [-0.25, -0.2) is 0 Å². The second-order valence-electron chi connectivity index (χ2n) is 9.04. The maximum atomic E-state index is 3.56. The summed E-state index contributed by atoms with van der Waals surface area (Å²) in [6.07, 6.45) is 15.8. The molecular formula is C21H35N. The third-order valence-corrected chi connectivity index (χ3v) is 8.56. The molecule has 124 valence electrons. The number of allylic oxidation sites excluding steroid dienone is 2. The third kappa shape index (κ3) is 2.14. The first-order valence-corrected chi connectivity index (χ1v) is 10.00. The van der Waals surface area contributed by atoms with E-state index in [-0.39, 0.29) is 0 Å². The van der Waals surface area contributed by atoms with Crippen LogP contribution in [0.25, 0.3) is 0 Å². The van der Waals surface area contributed by atoms with E-state index in [1.807, 2.05) is 0 Å². The molecule has 4 saturated carbocycles. The van der Waals surface area contributed by atoms with Gasteiger partial charge in [-0.2, -0.15) is 0 Å². The van der Waals surface area contributed by atoms with Crippen LogP contribution < -0.4 is 5.32 Å². The monoisotopic (exact) mass is 301 g/mol. The van der Waals surface area contributed by atoms with Crippen LogP contribution in [-0.4, -0.2) is 13.1 Å². The van der Waals surface area contributed by atoms with Crippen molar-refractivity contribution in [3.63, 3.8) is 0 Å². The van der Waals surface area contributed by atoms with Crippen LogP contribution in [0.2, 0.25) is 0 Å². The molecule has 1 N–H and O–H groups in total. The molecule has 1 heteroatoms. The van der Waals surface area contributed by atoms with Gasteiger partial charge in [0.2, 0.25) is 0 Å². The van der Waals surface area contributed by atoms with E-state index in [9.17, 15) is 0 Å². The van der Waals surface area contributed by atoms with Gasteiger partial charge in [0.25, 0.3) is 0 Å². The number of hydrogen-bond acceptors (Lipinski definition) is 1. The Balaban J connectivity index is 1.54. The summed E-state index contributed by atoms with van der Waals surface area (Å²) in [6.45, 7) is 4.89. The highest BCUT2D eigenvalue weighted by Crippen LogP contribution is 2.63. The van der Waals surface area contributed by atoms with Crippen LogP contribution in [0.4, 0.5) is 0 Å². The Bertz CT molecular complexity index is 453. The second kappa shape index (κ2) is 5.65. The predicted octanol–water partition coefficient (Wildman–Crippen LogP) is 5.17. The lowest BCUT2D eigenvalue weighted by atomic mass is 9.50. The molecule has 4 fully saturated rings. The minimum atomic E-state index is 0.574. The van der Waals surface area contributed by atoms with Gasteiger partial charge in [-0.15, -0.1) is 0 Å². The lowest BCUT2D eigenvalue weighted by molar-refractivity contribution is -0.0443. The van der Waals surface area contributed by atoms with Crippen molar-refractivity contribution in [3.05, 3.63) is 11.6 Å². The quantitative estimate of drug-likeness (QED) is 0.659. The molecule has 0 heterocycles. The minimum Gasteiger partial charge on any atom is -0.317 e. The molecule has 4 aliphatic rings. The second-order valence-corrected chi connectivity index (χ2v) is 9.04. The van der Waals surface area contributed by atoms with E-state index in [0.717, 1.165) is 35.6 Å². The van der Waals surface area contributed by atoms with Crippen LogP contribution >= 0.6 is 0 Å². The molecule has 0 amide bonds. The van der Waals surface area contributed by atoms with Gasteiger partial charge < -0.3 is 5.32 Å². The Labute approximate surface area is 137 Å². The topological polar surface area (TPSA) is 12.0 Å². The summed E-state index contributed by atoms with van der Waals surface area (Å²) in [5, 5.41) is 3.56. The zero-order valence-corrected chi connectivity index (χ0v) is 14.9. The Kier molecular flexibility index (Phi) is 3.92. The van der Waals surface area contributed by atoms with E-state index in [2.05, 4.69) is 32.3 Å². The van der Waals surface area contributed by atoms with Gasteiger partial charge in [-0.1, -0.05) is 18.6 Å². The van der Waals surface area contributed by atoms with Gasteiger partial charge in [-0.05, 0) is 107 Å². The van der Waals surface area contributed by atoms with Gasteiger partial charge >= 0.3 is 0 Å². The normalized spacial score (nSPS) is 53.0. The standard InChI is InChI=1S/C21H35N/c1-4-15-6-10-20-19-8-5-14-13-16(22-3)7-9-17(14)18(19)11-12-21(15,20)2/h4,14,16-20,22H,5-13H2,1-3H3/t14-,16+,17+,18-,19-,20+,21-/m1/s1. The fraction of sp³-hybridized carbons (Fsp3) is 0.905. The Morgan fingerprint density at radius 2 is 1.82 bits per heavy atom. The molecule has 0 spiro atoms. The van der Waals surface area contributed by atoms with E-state index in [1.54, 1.807) is 12.0 Å². The maximum Gasteiger partial charge on any atom is 0.00669 e. The van der Waals surface area contributed by atoms with E-state index in [4.69, 9.17) is 0 Å². The Morgan fingerprint density at radius 1 is 1.00 bits per heavy atom. The first-order valence-electron chi connectivity index (χ1n) is 10.00. The average molecular weight is 302 g/mol. The molecule has 0 aliphatic heterocycles. The highest BCUT2D eigenvalue weighted by atomic mass is 14.9. The molecule has 0 saturated heterocycles. The molecule has 0 radical (unpaired) electrons.